The molecule has 4 nitrogen and oxygen atoms in total. The molecule has 0 fully saturated rings. The van der Waals surface area contributed by atoms with E-state index in [4.69, 9.17) is 5.84 Å². The standard InChI is InChI=1S/C8H9N2O2/c9-10-8(11)12-6-7-4-2-1-3-5-7/h1-5,9H,6H2,(H,10,11). The van der Waals surface area contributed by atoms with Crippen molar-refractivity contribution in [1.82, 2.24) is 11.3 Å². The van der Waals surface area contributed by atoms with E-state index in [2.05, 4.69) is 4.74 Å². The molecule has 1 radical (unpaired) electrons. The molecule has 0 aliphatic heterocycles. The molecule has 0 heterocycles. The van der Waals surface area contributed by atoms with Gasteiger partial charge >= 0.3 is 6.09 Å². The van der Waals surface area contributed by atoms with Gasteiger partial charge in [0.1, 0.15) is 6.61 Å². The van der Waals surface area contributed by atoms with E-state index in [0.29, 0.717) is 0 Å². The zero-order valence-electron chi connectivity index (χ0n) is 6.41. The van der Waals surface area contributed by atoms with E-state index < -0.39 is 6.09 Å². The van der Waals surface area contributed by atoms with Gasteiger partial charge in [-0.3, -0.25) is 0 Å². The van der Waals surface area contributed by atoms with Gasteiger partial charge in [0, 0.05) is 0 Å². The highest BCUT2D eigenvalue weighted by Crippen LogP contribution is 1.99. The van der Waals surface area contributed by atoms with Crippen LogP contribution in [0, 0.1) is 0 Å². The number of carbonyl (C=O) groups excluding carboxylic acids is 1. The van der Waals surface area contributed by atoms with E-state index in [-0.39, 0.29) is 6.61 Å². The summed E-state index contributed by atoms with van der Waals surface area (Å²) in [7, 11) is 0. The molecule has 0 saturated carbocycles. The Morgan fingerprint density at radius 2 is 2.08 bits per heavy atom. The second-order valence-electron chi connectivity index (χ2n) is 2.19. The zero-order chi connectivity index (χ0) is 8.81. The molecule has 1 amide bonds. The molecule has 63 valence electrons. The van der Waals surface area contributed by atoms with Crippen molar-refractivity contribution >= 4 is 6.09 Å². The number of ether oxygens (including phenoxy) is 1. The minimum Gasteiger partial charge on any atom is -0.444 e. The van der Waals surface area contributed by atoms with E-state index in [0.717, 1.165) is 5.56 Å². The van der Waals surface area contributed by atoms with Gasteiger partial charge in [0.25, 0.3) is 0 Å². The van der Waals surface area contributed by atoms with Crippen molar-refractivity contribution in [2.75, 3.05) is 0 Å². The summed E-state index contributed by atoms with van der Waals surface area (Å²) in [5.74, 6) is 6.45. The average Bonchev–Trinajstić information content (AvgIpc) is 2.16. The van der Waals surface area contributed by atoms with Crippen molar-refractivity contribution in [1.29, 1.82) is 0 Å². The van der Waals surface area contributed by atoms with E-state index in [1.807, 2.05) is 30.3 Å². The molecule has 0 unspecified atom stereocenters. The SMILES string of the molecule is [NH]NC(=O)OCc1ccccc1. The lowest BCUT2D eigenvalue weighted by Crippen LogP contribution is -2.21. The maximum absolute atomic E-state index is 10.5. The van der Waals surface area contributed by atoms with Crippen LogP contribution in [0.25, 0.3) is 0 Å². The molecule has 0 spiro atoms. The summed E-state index contributed by atoms with van der Waals surface area (Å²) >= 11 is 0. The normalized spacial score (nSPS) is 9.08. The molecule has 4 heteroatoms. The second-order valence-corrected chi connectivity index (χ2v) is 2.19. The molecular weight excluding hydrogens is 156 g/mol. The number of rotatable bonds is 2. The maximum Gasteiger partial charge on any atom is 0.423 e. The molecule has 1 aromatic carbocycles. The Labute approximate surface area is 70.3 Å². The quantitative estimate of drug-likeness (QED) is 0.667. The Kier molecular flexibility index (Phi) is 3.10. The van der Waals surface area contributed by atoms with Crippen LogP contribution in [0.5, 0.6) is 0 Å². The first-order valence-corrected chi connectivity index (χ1v) is 3.46. The number of nitrogens with one attached hydrogen (secondary N) is 2. The summed E-state index contributed by atoms with van der Waals surface area (Å²) in [5.41, 5.74) is 2.53. The van der Waals surface area contributed by atoms with Gasteiger partial charge in [0.2, 0.25) is 0 Å². The van der Waals surface area contributed by atoms with Gasteiger partial charge in [0.15, 0.2) is 0 Å². The molecule has 1 rings (SSSR count). The lowest BCUT2D eigenvalue weighted by molar-refractivity contribution is 0.139. The fourth-order valence-electron chi connectivity index (χ4n) is 0.759. The molecule has 0 bridgehead atoms. The van der Waals surface area contributed by atoms with Crippen molar-refractivity contribution in [3.8, 4) is 0 Å². The van der Waals surface area contributed by atoms with Crippen LogP contribution in [0.3, 0.4) is 0 Å². The number of hydrogen-bond donors (Lipinski definition) is 1. The van der Waals surface area contributed by atoms with Crippen molar-refractivity contribution in [3.05, 3.63) is 35.9 Å². The van der Waals surface area contributed by atoms with Gasteiger partial charge in [-0.2, -0.15) is 0 Å². The van der Waals surface area contributed by atoms with Crippen LogP contribution in [0.1, 0.15) is 5.56 Å². The molecule has 0 saturated heterocycles. The Bertz CT molecular complexity index is 248. The van der Waals surface area contributed by atoms with Crippen LogP contribution in [0.2, 0.25) is 0 Å². The minimum atomic E-state index is -0.737. The smallest absolute Gasteiger partial charge is 0.423 e. The third-order valence-corrected chi connectivity index (χ3v) is 1.31. The first-order valence-electron chi connectivity index (χ1n) is 3.46. The van der Waals surface area contributed by atoms with Gasteiger partial charge in [-0.1, -0.05) is 30.3 Å². The summed E-state index contributed by atoms with van der Waals surface area (Å²) in [6, 6.07) is 9.29. The van der Waals surface area contributed by atoms with E-state index in [9.17, 15) is 4.79 Å². The zero-order valence-corrected chi connectivity index (χ0v) is 6.41. The Morgan fingerprint density at radius 1 is 1.42 bits per heavy atom. The fraction of sp³-hybridized carbons (Fsp3) is 0.125. The van der Waals surface area contributed by atoms with Crippen LogP contribution in [0.4, 0.5) is 4.79 Å². The highest BCUT2D eigenvalue weighted by molar-refractivity contribution is 5.66. The van der Waals surface area contributed by atoms with Crippen LogP contribution >= 0.6 is 0 Å². The van der Waals surface area contributed by atoms with Gasteiger partial charge in [-0.25, -0.2) is 10.2 Å². The number of amides is 1. The van der Waals surface area contributed by atoms with Gasteiger partial charge < -0.3 is 4.74 Å². The lowest BCUT2D eigenvalue weighted by Gasteiger charge is -2.01. The van der Waals surface area contributed by atoms with Crippen LogP contribution in [-0.4, -0.2) is 6.09 Å². The molecule has 0 aliphatic rings. The van der Waals surface area contributed by atoms with Gasteiger partial charge in [0.05, 0.1) is 0 Å². The predicted molar refractivity (Wildman–Crippen MR) is 42.9 cm³/mol. The predicted octanol–water partition coefficient (Wildman–Crippen LogP) is 1.11. The van der Waals surface area contributed by atoms with E-state index in [1.165, 1.54) is 0 Å². The third kappa shape index (κ3) is 2.59. The molecule has 0 aromatic heterocycles. The number of benzene rings is 1. The van der Waals surface area contributed by atoms with Crippen LogP contribution in [0.15, 0.2) is 30.3 Å². The summed E-state index contributed by atoms with van der Waals surface area (Å²) in [6.45, 7) is 0.200. The van der Waals surface area contributed by atoms with Crippen LogP contribution in [-0.2, 0) is 11.3 Å². The fourth-order valence-corrected chi connectivity index (χ4v) is 0.759. The van der Waals surface area contributed by atoms with E-state index >= 15 is 0 Å². The summed E-state index contributed by atoms with van der Waals surface area (Å²) < 4.78 is 4.64. The number of carbonyl (C=O) groups is 1. The second kappa shape index (κ2) is 4.35. The van der Waals surface area contributed by atoms with Gasteiger partial charge in [-0.05, 0) is 5.56 Å². The molecule has 0 aliphatic carbocycles. The first kappa shape index (κ1) is 8.55. The largest absolute Gasteiger partial charge is 0.444 e. The topological polar surface area (TPSA) is 62.1 Å². The molecule has 1 aromatic rings. The molecule has 12 heavy (non-hydrogen) atoms. The maximum atomic E-state index is 10.5. The highest BCUT2D eigenvalue weighted by atomic mass is 16.5. The third-order valence-electron chi connectivity index (χ3n) is 1.31. The monoisotopic (exact) mass is 165 g/mol. The summed E-state index contributed by atoms with van der Waals surface area (Å²) in [5, 5.41) is 0. The Balaban J connectivity index is 2.38. The minimum absolute atomic E-state index is 0.200. The summed E-state index contributed by atoms with van der Waals surface area (Å²) in [6.07, 6.45) is -0.737. The van der Waals surface area contributed by atoms with Crippen molar-refractivity contribution < 1.29 is 9.53 Å². The Morgan fingerprint density at radius 3 is 2.67 bits per heavy atom. The molecule has 0 atom stereocenters. The van der Waals surface area contributed by atoms with Crippen molar-refractivity contribution in [2.45, 2.75) is 6.61 Å². The van der Waals surface area contributed by atoms with Crippen molar-refractivity contribution in [2.24, 2.45) is 0 Å². The van der Waals surface area contributed by atoms with E-state index in [1.54, 1.807) is 5.43 Å². The number of hydrogen-bond acceptors (Lipinski definition) is 2. The molecule has 2 N–H and O–H groups in total. The van der Waals surface area contributed by atoms with Crippen molar-refractivity contribution in [3.63, 3.8) is 0 Å². The highest BCUT2D eigenvalue weighted by Gasteiger charge is 1.97. The average molecular weight is 165 g/mol. The first-order chi connectivity index (χ1) is 5.83. The van der Waals surface area contributed by atoms with Crippen LogP contribution < -0.4 is 11.3 Å². The van der Waals surface area contributed by atoms with Gasteiger partial charge in [-0.15, -0.1) is 5.84 Å². The lowest BCUT2D eigenvalue weighted by atomic mass is 10.2. The molecular formula is C8H9N2O2. The summed E-state index contributed by atoms with van der Waals surface area (Å²) in [4.78, 5) is 10.5. The Hall–Kier alpha value is -1.55.